The first-order chi connectivity index (χ1) is 14.5. The first kappa shape index (κ1) is 19.2. The Hall–Kier alpha value is -2.83. The third-order valence-corrected chi connectivity index (χ3v) is 6.85. The predicted octanol–water partition coefficient (Wildman–Crippen LogP) is 2.71. The number of likely N-dealkylation sites (tertiary alicyclic amines) is 1. The first-order valence-corrected chi connectivity index (χ1v) is 10.9. The second-order valence-corrected chi connectivity index (χ2v) is 8.83. The largest absolute Gasteiger partial charge is 0.485 e. The number of fused-ring (bicyclic) bond motifs is 2. The van der Waals surface area contributed by atoms with Gasteiger partial charge in [0.05, 0.1) is 24.3 Å². The molecule has 30 heavy (non-hydrogen) atoms. The highest BCUT2D eigenvalue weighted by Gasteiger charge is 2.44. The molecule has 1 aromatic carbocycles. The van der Waals surface area contributed by atoms with E-state index in [1.165, 1.54) is 6.42 Å². The zero-order chi connectivity index (χ0) is 20.8. The Morgan fingerprint density at radius 3 is 2.63 bits per heavy atom. The Kier molecular flexibility index (Phi) is 4.76. The van der Waals surface area contributed by atoms with E-state index in [2.05, 4.69) is 5.10 Å². The molecule has 1 saturated carbocycles. The topological polar surface area (TPSA) is 67.7 Å². The summed E-state index contributed by atoms with van der Waals surface area (Å²) in [4.78, 5) is 29.9. The summed E-state index contributed by atoms with van der Waals surface area (Å²) in [5, 5.41) is 4.23. The van der Waals surface area contributed by atoms with E-state index in [4.69, 9.17) is 4.74 Å². The van der Waals surface area contributed by atoms with E-state index >= 15 is 0 Å². The van der Waals surface area contributed by atoms with Crippen LogP contribution < -0.4 is 4.74 Å². The summed E-state index contributed by atoms with van der Waals surface area (Å²) in [5.41, 5.74) is 2.51. The average Bonchev–Trinajstić information content (AvgIpc) is 3.37. The van der Waals surface area contributed by atoms with Crippen LogP contribution in [0.5, 0.6) is 5.75 Å². The summed E-state index contributed by atoms with van der Waals surface area (Å²) in [7, 11) is 3.70. The molecule has 0 bridgehead atoms. The normalized spacial score (nSPS) is 24.3. The molecule has 5 rings (SSSR count). The Bertz CT molecular complexity index is 979. The van der Waals surface area contributed by atoms with Crippen LogP contribution in [0.25, 0.3) is 11.1 Å². The third-order valence-electron chi connectivity index (χ3n) is 6.85. The number of benzene rings is 1. The van der Waals surface area contributed by atoms with Crippen molar-refractivity contribution in [3.05, 3.63) is 36.2 Å². The van der Waals surface area contributed by atoms with Crippen LogP contribution in [0.15, 0.2) is 30.6 Å². The number of carbonyl (C=O) groups excluding carboxylic acids is 2. The predicted molar refractivity (Wildman–Crippen MR) is 112 cm³/mol. The molecule has 3 aliphatic rings. The highest BCUT2D eigenvalue weighted by atomic mass is 16.5. The zero-order valence-corrected chi connectivity index (χ0v) is 17.6. The number of nitrogens with zero attached hydrogens (tertiary/aromatic N) is 4. The van der Waals surface area contributed by atoms with Crippen molar-refractivity contribution in [2.45, 2.75) is 44.2 Å². The van der Waals surface area contributed by atoms with Crippen molar-refractivity contribution in [2.75, 3.05) is 20.1 Å². The molecular formula is C23H28N4O3. The summed E-state index contributed by atoms with van der Waals surface area (Å²) >= 11 is 0. The SMILES string of the molecule is CN1C(=O)c2ccc(-c3cnn(C)c3)cc2OC2CN(C(=O)C3CCCCC3)CC21. The number of hydrogen-bond acceptors (Lipinski definition) is 4. The molecule has 2 fully saturated rings. The van der Waals surface area contributed by atoms with Crippen molar-refractivity contribution < 1.29 is 14.3 Å². The van der Waals surface area contributed by atoms with Gasteiger partial charge in [-0.3, -0.25) is 14.3 Å². The van der Waals surface area contributed by atoms with Crippen LogP contribution in [-0.2, 0) is 11.8 Å². The molecule has 3 heterocycles. The maximum Gasteiger partial charge on any atom is 0.257 e. The fourth-order valence-electron chi connectivity index (χ4n) is 5.08. The monoisotopic (exact) mass is 408 g/mol. The molecule has 2 aromatic rings. The number of aromatic nitrogens is 2. The second kappa shape index (κ2) is 7.45. The van der Waals surface area contributed by atoms with Crippen LogP contribution >= 0.6 is 0 Å². The van der Waals surface area contributed by atoms with Gasteiger partial charge in [0.1, 0.15) is 11.9 Å². The summed E-state index contributed by atoms with van der Waals surface area (Å²) < 4.78 is 8.13. The van der Waals surface area contributed by atoms with Crippen molar-refractivity contribution in [1.29, 1.82) is 0 Å². The molecule has 2 aliphatic heterocycles. The van der Waals surface area contributed by atoms with E-state index in [0.29, 0.717) is 24.4 Å². The average molecular weight is 409 g/mol. The molecule has 2 amide bonds. The van der Waals surface area contributed by atoms with Gasteiger partial charge in [0.25, 0.3) is 5.91 Å². The lowest BCUT2D eigenvalue weighted by Gasteiger charge is -2.27. The van der Waals surface area contributed by atoms with Gasteiger partial charge in [0.2, 0.25) is 5.91 Å². The number of rotatable bonds is 2. The minimum absolute atomic E-state index is 0.0535. The molecule has 2 atom stereocenters. The molecule has 2 unspecified atom stereocenters. The fraction of sp³-hybridized carbons (Fsp3) is 0.522. The Morgan fingerprint density at radius 1 is 1.10 bits per heavy atom. The van der Waals surface area contributed by atoms with Gasteiger partial charge in [0.15, 0.2) is 0 Å². The fourth-order valence-corrected chi connectivity index (χ4v) is 5.08. The number of hydrogen-bond donors (Lipinski definition) is 0. The number of aryl methyl sites for hydroxylation is 1. The van der Waals surface area contributed by atoms with Gasteiger partial charge in [-0.15, -0.1) is 0 Å². The van der Waals surface area contributed by atoms with Crippen LogP contribution in [0.4, 0.5) is 0 Å². The molecule has 0 N–H and O–H groups in total. The molecule has 0 radical (unpaired) electrons. The van der Waals surface area contributed by atoms with E-state index in [9.17, 15) is 9.59 Å². The number of carbonyl (C=O) groups is 2. The zero-order valence-electron chi connectivity index (χ0n) is 17.6. The van der Waals surface area contributed by atoms with Crippen molar-refractivity contribution in [3.8, 4) is 16.9 Å². The van der Waals surface area contributed by atoms with Crippen LogP contribution in [-0.4, -0.2) is 63.7 Å². The van der Waals surface area contributed by atoms with Gasteiger partial charge < -0.3 is 14.5 Å². The van der Waals surface area contributed by atoms with Gasteiger partial charge in [0, 0.05) is 38.3 Å². The van der Waals surface area contributed by atoms with Gasteiger partial charge in [-0.25, -0.2) is 0 Å². The smallest absolute Gasteiger partial charge is 0.257 e. The third kappa shape index (κ3) is 3.26. The van der Waals surface area contributed by atoms with Crippen molar-refractivity contribution in [3.63, 3.8) is 0 Å². The minimum atomic E-state index is -0.211. The Balaban J connectivity index is 1.41. The maximum absolute atomic E-state index is 13.1. The highest BCUT2D eigenvalue weighted by molar-refractivity contribution is 5.98. The van der Waals surface area contributed by atoms with E-state index < -0.39 is 0 Å². The van der Waals surface area contributed by atoms with E-state index in [1.54, 1.807) is 15.8 Å². The molecule has 7 heteroatoms. The molecule has 158 valence electrons. The molecule has 1 aliphatic carbocycles. The summed E-state index contributed by atoms with van der Waals surface area (Å²) in [5.74, 6) is 0.901. The lowest BCUT2D eigenvalue weighted by atomic mass is 9.88. The Labute approximate surface area is 176 Å². The van der Waals surface area contributed by atoms with Gasteiger partial charge in [-0.1, -0.05) is 25.3 Å². The summed E-state index contributed by atoms with van der Waals surface area (Å²) in [6, 6.07) is 5.57. The number of amides is 2. The van der Waals surface area contributed by atoms with E-state index in [1.807, 2.05) is 43.4 Å². The molecule has 0 spiro atoms. The van der Waals surface area contributed by atoms with E-state index in [-0.39, 0.29) is 29.9 Å². The van der Waals surface area contributed by atoms with Gasteiger partial charge in [-0.2, -0.15) is 5.10 Å². The van der Waals surface area contributed by atoms with E-state index in [0.717, 1.165) is 36.8 Å². The minimum Gasteiger partial charge on any atom is -0.485 e. The molecule has 1 saturated heterocycles. The highest BCUT2D eigenvalue weighted by Crippen LogP contribution is 2.35. The van der Waals surface area contributed by atoms with Gasteiger partial charge in [-0.05, 0) is 30.5 Å². The lowest BCUT2D eigenvalue weighted by molar-refractivity contribution is -0.135. The number of likely N-dealkylation sites (N-methyl/N-ethyl adjacent to an activating group) is 1. The van der Waals surface area contributed by atoms with Crippen LogP contribution in [0, 0.1) is 5.92 Å². The summed E-state index contributed by atoms with van der Waals surface area (Å²) in [6.07, 6.45) is 9.00. The van der Waals surface area contributed by atoms with Gasteiger partial charge >= 0.3 is 0 Å². The van der Waals surface area contributed by atoms with Crippen LogP contribution in [0.3, 0.4) is 0 Å². The quantitative estimate of drug-likeness (QED) is 0.766. The molecular weight excluding hydrogens is 380 g/mol. The number of ether oxygens (including phenoxy) is 1. The van der Waals surface area contributed by atoms with Crippen molar-refractivity contribution in [1.82, 2.24) is 19.6 Å². The first-order valence-electron chi connectivity index (χ1n) is 10.9. The van der Waals surface area contributed by atoms with Crippen molar-refractivity contribution in [2.24, 2.45) is 13.0 Å². The second-order valence-electron chi connectivity index (χ2n) is 8.83. The van der Waals surface area contributed by atoms with Crippen LogP contribution in [0.1, 0.15) is 42.5 Å². The Morgan fingerprint density at radius 2 is 1.90 bits per heavy atom. The standard InChI is InChI=1S/C23H28N4O3/c1-25-12-17(11-24-25)16-8-9-18-20(10-16)30-21-14-27(13-19(21)26(2)23(18)29)22(28)15-6-4-3-5-7-15/h8-12,15,19,21H,3-7,13-14H2,1-2H3. The lowest BCUT2D eigenvalue weighted by Crippen LogP contribution is -2.44. The maximum atomic E-state index is 13.1. The summed E-state index contributed by atoms with van der Waals surface area (Å²) in [6.45, 7) is 1.08. The van der Waals surface area contributed by atoms with Crippen molar-refractivity contribution >= 4 is 11.8 Å². The van der Waals surface area contributed by atoms with Crippen LogP contribution in [0.2, 0.25) is 0 Å². The molecule has 1 aromatic heterocycles. The molecule has 7 nitrogen and oxygen atoms in total.